The molecule has 0 aliphatic heterocycles. The van der Waals surface area contributed by atoms with Crippen LogP contribution >= 0.6 is 0 Å². The number of aliphatic hydroxyl groups excluding tert-OH is 1. The maximum absolute atomic E-state index is 9.72. The van der Waals surface area contributed by atoms with Gasteiger partial charge in [-0.15, -0.1) is 0 Å². The Hall–Kier alpha value is -0.120. The van der Waals surface area contributed by atoms with E-state index in [2.05, 4.69) is 17.1 Å². The van der Waals surface area contributed by atoms with Crippen LogP contribution in [0.4, 0.5) is 0 Å². The van der Waals surface area contributed by atoms with E-state index in [1.807, 2.05) is 0 Å². The fourth-order valence-corrected chi connectivity index (χ4v) is 2.89. The van der Waals surface area contributed by atoms with Gasteiger partial charge in [-0.1, -0.05) is 0 Å². The van der Waals surface area contributed by atoms with Crippen molar-refractivity contribution in [1.29, 1.82) is 0 Å². The molecule has 0 amide bonds. The number of nitrogens with zero attached hydrogens (tertiary/aromatic N) is 1. The Morgan fingerprint density at radius 3 is 2.00 bits per heavy atom. The molecule has 0 radical (unpaired) electrons. The Morgan fingerprint density at radius 2 is 1.61 bits per heavy atom. The van der Waals surface area contributed by atoms with Crippen LogP contribution in [0.25, 0.3) is 0 Å². The molecule has 0 aromatic heterocycles. The summed E-state index contributed by atoms with van der Waals surface area (Å²) in [5, 5.41) is 13.4. The van der Waals surface area contributed by atoms with Gasteiger partial charge in [0, 0.05) is 25.7 Å². The number of aliphatic hydroxyl groups is 1. The van der Waals surface area contributed by atoms with Gasteiger partial charge >= 0.3 is 0 Å². The zero-order valence-electron chi connectivity index (χ0n) is 11.7. The van der Waals surface area contributed by atoms with Gasteiger partial charge in [-0.05, 0) is 57.3 Å². The molecule has 0 spiro atoms. The first-order valence-electron chi connectivity index (χ1n) is 7.78. The number of rotatable bonds is 9. The summed E-state index contributed by atoms with van der Waals surface area (Å²) in [5.74, 6) is 1.90. The van der Waals surface area contributed by atoms with E-state index >= 15 is 0 Å². The van der Waals surface area contributed by atoms with Crippen LogP contribution in [0.1, 0.15) is 45.4 Å². The standard InChI is InChI=1S/C15H28N2O/c1-15(11-18,16-14-6-7-14)10-17(8-12-2-3-12)9-13-4-5-13/h12-14,16,18H,2-11H2,1H3. The minimum Gasteiger partial charge on any atom is -0.394 e. The summed E-state index contributed by atoms with van der Waals surface area (Å²) in [4.78, 5) is 2.63. The molecular weight excluding hydrogens is 224 g/mol. The van der Waals surface area contributed by atoms with E-state index in [1.54, 1.807) is 0 Å². The monoisotopic (exact) mass is 252 g/mol. The summed E-state index contributed by atoms with van der Waals surface area (Å²) in [5.41, 5.74) is -0.0923. The second-order valence-corrected chi connectivity index (χ2v) is 7.22. The summed E-state index contributed by atoms with van der Waals surface area (Å²) >= 11 is 0. The molecule has 104 valence electrons. The lowest BCUT2D eigenvalue weighted by atomic mass is 10.0. The quantitative estimate of drug-likeness (QED) is 0.654. The normalized spacial score (nSPS) is 27.5. The van der Waals surface area contributed by atoms with Crippen LogP contribution in [0, 0.1) is 11.8 Å². The number of hydrogen-bond acceptors (Lipinski definition) is 3. The molecule has 3 fully saturated rings. The number of nitrogens with one attached hydrogen (secondary N) is 1. The lowest BCUT2D eigenvalue weighted by Gasteiger charge is -2.35. The van der Waals surface area contributed by atoms with E-state index in [9.17, 15) is 5.11 Å². The number of hydrogen-bond donors (Lipinski definition) is 2. The molecule has 1 unspecified atom stereocenters. The van der Waals surface area contributed by atoms with Gasteiger partial charge < -0.3 is 15.3 Å². The Kier molecular flexibility index (Phi) is 3.65. The van der Waals surface area contributed by atoms with Gasteiger partial charge in [0.1, 0.15) is 0 Å². The topological polar surface area (TPSA) is 35.5 Å². The molecule has 1 atom stereocenters. The van der Waals surface area contributed by atoms with Gasteiger partial charge in [0.25, 0.3) is 0 Å². The van der Waals surface area contributed by atoms with Crippen molar-refractivity contribution in [2.75, 3.05) is 26.2 Å². The van der Waals surface area contributed by atoms with Crippen molar-refractivity contribution in [2.45, 2.75) is 57.0 Å². The Balaban J connectivity index is 1.53. The van der Waals surface area contributed by atoms with Gasteiger partial charge in [0.05, 0.1) is 12.1 Å². The summed E-state index contributed by atoms with van der Waals surface area (Å²) < 4.78 is 0. The third-order valence-corrected chi connectivity index (χ3v) is 4.48. The Labute approximate surface area is 111 Å². The average Bonchev–Trinajstić information content (AvgIpc) is 3.12. The molecule has 3 rings (SSSR count). The third kappa shape index (κ3) is 3.94. The van der Waals surface area contributed by atoms with Crippen molar-refractivity contribution < 1.29 is 5.11 Å². The van der Waals surface area contributed by atoms with E-state index in [4.69, 9.17) is 0 Å². The van der Waals surface area contributed by atoms with E-state index < -0.39 is 0 Å². The SMILES string of the molecule is CC(CO)(CN(CC1CC1)CC1CC1)NC1CC1. The molecule has 3 aliphatic carbocycles. The van der Waals surface area contributed by atoms with E-state index in [0.717, 1.165) is 18.4 Å². The summed E-state index contributed by atoms with van der Waals surface area (Å²) in [7, 11) is 0. The van der Waals surface area contributed by atoms with Crippen LogP contribution in [0.5, 0.6) is 0 Å². The van der Waals surface area contributed by atoms with E-state index in [0.29, 0.717) is 6.04 Å². The van der Waals surface area contributed by atoms with Crippen LogP contribution < -0.4 is 5.32 Å². The summed E-state index contributed by atoms with van der Waals surface area (Å²) in [6.07, 6.45) is 8.28. The molecule has 0 bridgehead atoms. The Bertz CT molecular complexity index is 270. The highest BCUT2D eigenvalue weighted by Crippen LogP contribution is 2.34. The molecule has 0 aromatic carbocycles. The molecule has 3 saturated carbocycles. The first-order valence-corrected chi connectivity index (χ1v) is 7.78. The van der Waals surface area contributed by atoms with Crippen molar-refractivity contribution in [3.05, 3.63) is 0 Å². The lowest BCUT2D eigenvalue weighted by Crippen LogP contribution is -2.55. The van der Waals surface area contributed by atoms with Crippen molar-refractivity contribution in [1.82, 2.24) is 10.2 Å². The van der Waals surface area contributed by atoms with Crippen molar-refractivity contribution in [3.8, 4) is 0 Å². The molecule has 3 heteroatoms. The molecular formula is C15H28N2O. The largest absolute Gasteiger partial charge is 0.394 e. The molecule has 0 saturated heterocycles. The van der Waals surface area contributed by atoms with Crippen LogP contribution in [0.3, 0.4) is 0 Å². The maximum atomic E-state index is 9.72. The predicted molar refractivity (Wildman–Crippen MR) is 73.5 cm³/mol. The molecule has 0 heterocycles. The second-order valence-electron chi connectivity index (χ2n) is 7.22. The van der Waals surface area contributed by atoms with E-state index in [1.165, 1.54) is 51.6 Å². The molecule has 2 N–H and O–H groups in total. The maximum Gasteiger partial charge on any atom is 0.0623 e. The zero-order chi connectivity index (χ0) is 12.6. The molecule has 3 aliphatic rings. The first kappa shape index (κ1) is 12.9. The fourth-order valence-electron chi connectivity index (χ4n) is 2.89. The van der Waals surface area contributed by atoms with Gasteiger partial charge in [0.15, 0.2) is 0 Å². The molecule has 18 heavy (non-hydrogen) atoms. The van der Waals surface area contributed by atoms with Gasteiger partial charge in [0.2, 0.25) is 0 Å². The van der Waals surface area contributed by atoms with Crippen molar-refractivity contribution in [2.24, 2.45) is 11.8 Å². The predicted octanol–water partition coefficient (Wildman–Crippen LogP) is 1.61. The highest BCUT2D eigenvalue weighted by Gasteiger charge is 2.36. The third-order valence-electron chi connectivity index (χ3n) is 4.48. The molecule has 0 aromatic rings. The smallest absolute Gasteiger partial charge is 0.0623 e. The first-order chi connectivity index (χ1) is 8.67. The average molecular weight is 252 g/mol. The van der Waals surface area contributed by atoms with E-state index in [-0.39, 0.29) is 12.1 Å². The highest BCUT2D eigenvalue weighted by molar-refractivity contribution is 4.95. The fraction of sp³-hybridized carbons (Fsp3) is 1.00. The van der Waals surface area contributed by atoms with Crippen molar-refractivity contribution >= 4 is 0 Å². The van der Waals surface area contributed by atoms with Gasteiger partial charge in [-0.25, -0.2) is 0 Å². The van der Waals surface area contributed by atoms with Crippen LogP contribution in [-0.2, 0) is 0 Å². The molecule has 3 nitrogen and oxygen atoms in total. The van der Waals surface area contributed by atoms with Crippen LogP contribution in [-0.4, -0.2) is 47.8 Å². The lowest BCUT2D eigenvalue weighted by molar-refractivity contribution is 0.113. The Morgan fingerprint density at radius 1 is 1.06 bits per heavy atom. The minimum atomic E-state index is -0.0923. The van der Waals surface area contributed by atoms with Gasteiger partial charge in [-0.3, -0.25) is 0 Å². The van der Waals surface area contributed by atoms with Crippen LogP contribution in [0.2, 0.25) is 0 Å². The highest BCUT2D eigenvalue weighted by atomic mass is 16.3. The van der Waals surface area contributed by atoms with Gasteiger partial charge in [-0.2, -0.15) is 0 Å². The summed E-state index contributed by atoms with van der Waals surface area (Å²) in [6.45, 7) is 6.00. The van der Waals surface area contributed by atoms with Crippen molar-refractivity contribution in [3.63, 3.8) is 0 Å². The summed E-state index contributed by atoms with van der Waals surface area (Å²) in [6, 6.07) is 0.672. The van der Waals surface area contributed by atoms with Crippen LogP contribution in [0.15, 0.2) is 0 Å². The minimum absolute atomic E-state index is 0.0923. The second kappa shape index (κ2) is 5.10. The zero-order valence-corrected chi connectivity index (χ0v) is 11.7.